The number of para-hydroxylation sites is 1. The van der Waals surface area contributed by atoms with E-state index in [-0.39, 0.29) is 16.9 Å². The molecule has 1 aromatic heterocycles. The highest BCUT2D eigenvalue weighted by Crippen LogP contribution is 2.35. The highest BCUT2D eigenvalue weighted by Gasteiger charge is 2.44. The van der Waals surface area contributed by atoms with Crippen molar-refractivity contribution in [2.24, 2.45) is 0 Å². The maximum absolute atomic E-state index is 12.7. The van der Waals surface area contributed by atoms with E-state index in [1.807, 2.05) is 18.2 Å². The molecule has 1 N–H and O–H groups in total. The van der Waals surface area contributed by atoms with Crippen LogP contribution < -0.4 is 14.3 Å². The first-order chi connectivity index (χ1) is 13.4. The van der Waals surface area contributed by atoms with E-state index in [1.54, 1.807) is 12.1 Å². The molecule has 1 aliphatic rings. The number of nitrogens with zero attached hydrogens (tertiary/aromatic N) is 3. The number of ether oxygens (including phenoxy) is 1. The Kier molecular flexibility index (Phi) is 4.23. The van der Waals surface area contributed by atoms with Crippen molar-refractivity contribution in [3.63, 3.8) is 0 Å². The van der Waals surface area contributed by atoms with Crippen LogP contribution in [-0.2, 0) is 10.0 Å². The third-order valence-corrected chi connectivity index (χ3v) is 5.68. The zero-order valence-electron chi connectivity index (χ0n) is 14.1. The van der Waals surface area contributed by atoms with Gasteiger partial charge in [0.05, 0.1) is 23.1 Å². The number of hydrogen-bond acceptors (Lipinski definition) is 8. The third-order valence-electron chi connectivity index (χ3n) is 4.01. The van der Waals surface area contributed by atoms with Gasteiger partial charge >= 0.3 is 0 Å². The largest absolute Gasteiger partial charge is 0.733 e. The smallest absolute Gasteiger partial charge is 0.289 e. The number of anilines is 2. The van der Waals surface area contributed by atoms with Gasteiger partial charge in [-0.15, -0.1) is 0 Å². The second kappa shape index (κ2) is 6.60. The van der Waals surface area contributed by atoms with Crippen LogP contribution in [-0.4, -0.2) is 24.5 Å². The second-order valence-electron chi connectivity index (χ2n) is 5.80. The zero-order valence-corrected chi connectivity index (χ0v) is 14.9. The molecule has 0 saturated carbocycles. The molecule has 4 rings (SSSR count). The molecule has 0 atom stereocenters. The van der Waals surface area contributed by atoms with E-state index in [2.05, 4.69) is 4.98 Å². The van der Waals surface area contributed by atoms with Crippen LogP contribution in [0.2, 0.25) is 0 Å². The number of aromatic nitrogens is 1. The van der Waals surface area contributed by atoms with E-state index in [0.29, 0.717) is 15.8 Å². The summed E-state index contributed by atoms with van der Waals surface area (Å²) in [6, 6.07) is 15.9. The summed E-state index contributed by atoms with van der Waals surface area (Å²) in [4.78, 5) is 16.3. The number of sulfonamides is 1. The van der Waals surface area contributed by atoms with Crippen LogP contribution in [0.3, 0.4) is 0 Å². The summed E-state index contributed by atoms with van der Waals surface area (Å²) >= 11 is 0. The number of hydrogen-bond donors (Lipinski definition) is 1. The molecule has 2 heterocycles. The lowest BCUT2D eigenvalue weighted by molar-refractivity contribution is 0.101. The van der Waals surface area contributed by atoms with Crippen LogP contribution in [0, 0.1) is 5.21 Å². The predicted molar refractivity (Wildman–Crippen MR) is 98.8 cm³/mol. The van der Waals surface area contributed by atoms with Crippen molar-refractivity contribution in [2.75, 3.05) is 9.53 Å². The van der Waals surface area contributed by atoms with Gasteiger partial charge in [-0.05, 0) is 42.5 Å². The minimum Gasteiger partial charge on any atom is -0.733 e. The molecule has 0 unspecified atom stereocenters. The van der Waals surface area contributed by atoms with Gasteiger partial charge in [0.15, 0.2) is 5.03 Å². The Balaban J connectivity index is 1.66. The lowest BCUT2D eigenvalue weighted by atomic mass is 10.2. The summed E-state index contributed by atoms with van der Waals surface area (Å²) in [5.74, 6) is 0.192. The third kappa shape index (κ3) is 2.95. The van der Waals surface area contributed by atoms with Crippen LogP contribution in [0.5, 0.6) is 11.5 Å². The summed E-state index contributed by atoms with van der Waals surface area (Å²) in [5.41, 5.74) is -0.555. The Morgan fingerprint density at radius 1 is 1.04 bits per heavy atom. The van der Waals surface area contributed by atoms with Gasteiger partial charge in [0.1, 0.15) is 11.5 Å². The Morgan fingerprint density at radius 3 is 2.32 bits per heavy atom. The summed E-state index contributed by atoms with van der Waals surface area (Å²) in [6.07, 6.45) is 0.872. The maximum atomic E-state index is 12.7. The first kappa shape index (κ1) is 17.9. The SMILES string of the molecule is O=C1c2cc(N([O-])O)cnc2S(=O)(=O)N1c1ccc(Oc2ccccc2)cc1. The highest BCUT2D eigenvalue weighted by molar-refractivity contribution is 7.94. The first-order valence-corrected chi connectivity index (χ1v) is 9.41. The van der Waals surface area contributed by atoms with Crippen molar-refractivity contribution in [1.29, 1.82) is 0 Å². The molecule has 1 aliphatic heterocycles. The van der Waals surface area contributed by atoms with Crippen molar-refractivity contribution >= 4 is 27.3 Å². The van der Waals surface area contributed by atoms with E-state index in [0.717, 1.165) is 12.3 Å². The fraction of sp³-hybridized carbons (Fsp3) is 0. The Hall–Kier alpha value is -3.47. The quantitative estimate of drug-likeness (QED) is 0.666. The number of rotatable bonds is 4. The van der Waals surface area contributed by atoms with Gasteiger partial charge in [-0.2, -0.15) is 12.7 Å². The molecule has 28 heavy (non-hydrogen) atoms. The highest BCUT2D eigenvalue weighted by atomic mass is 32.2. The average Bonchev–Trinajstić information content (AvgIpc) is 2.89. The van der Waals surface area contributed by atoms with Crippen molar-refractivity contribution < 1.29 is 23.2 Å². The zero-order chi connectivity index (χ0) is 19.9. The molecule has 0 radical (unpaired) electrons. The predicted octanol–water partition coefficient (Wildman–Crippen LogP) is 2.92. The number of amides is 1. The summed E-state index contributed by atoms with van der Waals surface area (Å²) in [5, 5.41) is 19.0. The minimum absolute atomic E-state index is 0.0907. The van der Waals surface area contributed by atoms with Crippen molar-refractivity contribution in [1.82, 2.24) is 4.98 Å². The Bertz CT molecular complexity index is 1150. The van der Waals surface area contributed by atoms with E-state index >= 15 is 0 Å². The molecule has 1 amide bonds. The molecule has 0 bridgehead atoms. The topological polar surface area (TPSA) is 123 Å². The van der Waals surface area contributed by atoms with E-state index in [1.165, 1.54) is 24.3 Å². The molecule has 0 aliphatic carbocycles. The molecular weight excluding hydrogens is 386 g/mol. The van der Waals surface area contributed by atoms with Gasteiger partial charge < -0.3 is 15.2 Å². The van der Waals surface area contributed by atoms with Crippen molar-refractivity contribution in [3.8, 4) is 11.5 Å². The lowest BCUT2D eigenvalue weighted by Crippen LogP contribution is -2.29. The minimum atomic E-state index is -4.23. The van der Waals surface area contributed by atoms with Gasteiger partial charge in [0.2, 0.25) is 0 Å². The van der Waals surface area contributed by atoms with E-state index in [4.69, 9.17) is 9.94 Å². The maximum Gasteiger partial charge on any atom is 0.289 e. The normalized spacial score (nSPS) is 14.6. The fourth-order valence-corrected chi connectivity index (χ4v) is 4.24. The molecule has 3 aromatic rings. The van der Waals surface area contributed by atoms with Gasteiger partial charge in [0, 0.05) is 0 Å². The van der Waals surface area contributed by atoms with E-state index in [9.17, 15) is 18.4 Å². The van der Waals surface area contributed by atoms with Gasteiger partial charge in [0.25, 0.3) is 15.9 Å². The Labute approximate surface area is 159 Å². The number of benzene rings is 2. The van der Waals surface area contributed by atoms with Crippen molar-refractivity contribution in [2.45, 2.75) is 5.03 Å². The van der Waals surface area contributed by atoms with Crippen LogP contribution in [0.1, 0.15) is 10.4 Å². The van der Waals surface area contributed by atoms with Gasteiger partial charge in [-0.3, -0.25) is 10.0 Å². The fourth-order valence-electron chi connectivity index (χ4n) is 2.74. The number of pyridine rings is 1. The summed E-state index contributed by atoms with van der Waals surface area (Å²) in [6.45, 7) is 0. The number of fused-ring (bicyclic) bond motifs is 1. The van der Waals surface area contributed by atoms with E-state index < -0.39 is 26.2 Å². The first-order valence-electron chi connectivity index (χ1n) is 7.97. The lowest BCUT2D eigenvalue weighted by Gasteiger charge is -2.20. The van der Waals surface area contributed by atoms with Crippen LogP contribution >= 0.6 is 0 Å². The van der Waals surface area contributed by atoms with Crippen LogP contribution in [0.25, 0.3) is 0 Å². The molecule has 9 nitrogen and oxygen atoms in total. The molecule has 142 valence electrons. The van der Waals surface area contributed by atoms with Crippen molar-refractivity contribution in [3.05, 3.63) is 77.6 Å². The number of carbonyl (C=O) groups is 1. The molecule has 0 fully saturated rings. The molecule has 2 aromatic carbocycles. The monoisotopic (exact) mass is 398 g/mol. The van der Waals surface area contributed by atoms with Crippen LogP contribution in [0.4, 0.5) is 11.4 Å². The number of carbonyl (C=O) groups excluding carboxylic acids is 1. The summed E-state index contributed by atoms with van der Waals surface area (Å²) in [7, 11) is -4.23. The molecular formula is C18H12N3O6S-. The Morgan fingerprint density at radius 2 is 1.68 bits per heavy atom. The van der Waals surface area contributed by atoms with Gasteiger partial charge in [-0.25, -0.2) is 4.98 Å². The second-order valence-corrected chi connectivity index (χ2v) is 7.50. The molecule has 0 spiro atoms. The standard InChI is InChI=1S/C18H12N3O6S/c22-18-16-10-13(21(23)24)11-19-17(16)28(25,26)20(18)12-6-8-15(9-7-12)27-14-4-2-1-3-5-14/h1-11,23H/q-1. The average molecular weight is 398 g/mol. The molecule has 0 saturated heterocycles. The molecule has 10 heteroatoms. The van der Waals surface area contributed by atoms with Gasteiger partial charge in [-0.1, -0.05) is 18.2 Å². The van der Waals surface area contributed by atoms with Crippen LogP contribution in [0.15, 0.2) is 71.9 Å². The summed E-state index contributed by atoms with van der Waals surface area (Å²) < 4.78 is 31.7.